The molecule has 0 bridgehead atoms. The SMILES string of the molecule is C[C@H](NC(=O)COc1ccc(/C=N\NC(=O)CN(c2ccc([N+](=O)[O-])cc2)S(=O)(=O)c2ccccc2)cc1)c1ccccc1. The van der Waals surface area contributed by atoms with E-state index in [1.807, 2.05) is 37.3 Å². The first kappa shape index (κ1) is 31.4. The summed E-state index contributed by atoms with van der Waals surface area (Å²) in [6.07, 6.45) is 1.36. The van der Waals surface area contributed by atoms with E-state index in [0.29, 0.717) is 11.3 Å². The Kier molecular flexibility index (Phi) is 10.4. The van der Waals surface area contributed by atoms with Crippen molar-refractivity contribution >= 4 is 39.4 Å². The fourth-order valence-corrected chi connectivity index (χ4v) is 5.47. The number of carbonyl (C=O) groups excluding carboxylic acids is 2. The minimum Gasteiger partial charge on any atom is -0.484 e. The molecule has 0 saturated carbocycles. The van der Waals surface area contributed by atoms with Gasteiger partial charge >= 0.3 is 0 Å². The summed E-state index contributed by atoms with van der Waals surface area (Å²) in [6.45, 7) is 1.08. The predicted octanol–water partition coefficient (Wildman–Crippen LogP) is 4.20. The maximum Gasteiger partial charge on any atom is 0.269 e. The highest BCUT2D eigenvalue weighted by Crippen LogP contribution is 2.25. The van der Waals surface area contributed by atoms with Crippen molar-refractivity contribution in [2.45, 2.75) is 17.9 Å². The Morgan fingerprint density at radius 2 is 1.52 bits per heavy atom. The summed E-state index contributed by atoms with van der Waals surface area (Å²) in [5, 5.41) is 17.8. The maximum atomic E-state index is 13.4. The Balaban J connectivity index is 1.34. The normalized spacial score (nSPS) is 11.8. The van der Waals surface area contributed by atoms with Crippen LogP contribution in [0.25, 0.3) is 0 Å². The van der Waals surface area contributed by atoms with Gasteiger partial charge in [0.1, 0.15) is 12.3 Å². The number of benzene rings is 4. The molecule has 4 aromatic rings. The molecule has 0 aliphatic heterocycles. The molecule has 0 aliphatic rings. The van der Waals surface area contributed by atoms with Gasteiger partial charge in [0.25, 0.3) is 27.5 Å². The quantitative estimate of drug-likeness (QED) is 0.130. The van der Waals surface area contributed by atoms with Crippen LogP contribution in [0.2, 0.25) is 0 Å². The van der Waals surface area contributed by atoms with Crippen molar-refractivity contribution in [3.8, 4) is 5.75 Å². The average molecular weight is 616 g/mol. The van der Waals surface area contributed by atoms with Gasteiger partial charge in [0.2, 0.25) is 0 Å². The van der Waals surface area contributed by atoms with E-state index in [-0.39, 0.29) is 34.8 Å². The summed E-state index contributed by atoms with van der Waals surface area (Å²) in [7, 11) is -4.19. The molecule has 0 heterocycles. The molecular weight excluding hydrogens is 586 g/mol. The van der Waals surface area contributed by atoms with Gasteiger partial charge in [0.05, 0.1) is 27.8 Å². The predicted molar refractivity (Wildman–Crippen MR) is 165 cm³/mol. The van der Waals surface area contributed by atoms with Crippen LogP contribution in [-0.4, -0.2) is 44.5 Å². The van der Waals surface area contributed by atoms with Crippen molar-refractivity contribution in [2.24, 2.45) is 5.10 Å². The first-order chi connectivity index (χ1) is 21.1. The second-order valence-electron chi connectivity index (χ2n) is 9.45. The summed E-state index contributed by atoms with van der Waals surface area (Å²) in [5.41, 5.74) is 3.73. The molecule has 0 fully saturated rings. The number of rotatable bonds is 13. The molecular formula is C31H29N5O7S. The van der Waals surface area contributed by atoms with Gasteiger partial charge in [0, 0.05) is 12.1 Å². The Hall–Kier alpha value is -5.56. The lowest BCUT2D eigenvalue weighted by molar-refractivity contribution is -0.384. The van der Waals surface area contributed by atoms with E-state index >= 15 is 0 Å². The van der Waals surface area contributed by atoms with Crippen LogP contribution in [0.15, 0.2) is 119 Å². The highest BCUT2D eigenvalue weighted by Gasteiger charge is 2.27. The zero-order chi connectivity index (χ0) is 31.5. The van der Waals surface area contributed by atoms with E-state index < -0.39 is 27.4 Å². The first-order valence-corrected chi connectivity index (χ1v) is 14.8. The van der Waals surface area contributed by atoms with E-state index in [0.717, 1.165) is 22.0 Å². The molecule has 0 spiro atoms. The van der Waals surface area contributed by atoms with Crippen LogP contribution >= 0.6 is 0 Å². The number of amides is 2. The lowest BCUT2D eigenvalue weighted by Crippen LogP contribution is -2.39. The molecule has 0 aromatic heterocycles. The maximum absolute atomic E-state index is 13.4. The van der Waals surface area contributed by atoms with E-state index in [4.69, 9.17) is 4.74 Å². The molecule has 0 unspecified atom stereocenters. The summed E-state index contributed by atoms with van der Waals surface area (Å²) in [5.74, 6) is -0.555. The summed E-state index contributed by atoms with van der Waals surface area (Å²) < 4.78 is 33.1. The van der Waals surface area contributed by atoms with Crippen molar-refractivity contribution in [2.75, 3.05) is 17.5 Å². The monoisotopic (exact) mass is 615 g/mol. The lowest BCUT2D eigenvalue weighted by Gasteiger charge is -2.23. The van der Waals surface area contributed by atoms with Gasteiger partial charge in [-0.3, -0.25) is 24.0 Å². The van der Waals surface area contributed by atoms with Gasteiger partial charge in [-0.25, -0.2) is 13.8 Å². The fraction of sp³-hybridized carbons (Fsp3) is 0.129. The van der Waals surface area contributed by atoms with Gasteiger partial charge in [-0.15, -0.1) is 0 Å². The number of nitro groups is 1. The van der Waals surface area contributed by atoms with E-state index in [1.54, 1.807) is 42.5 Å². The number of hydrazone groups is 1. The highest BCUT2D eigenvalue weighted by atomic mass is 32.2. The third kappa shape index (κ3) is 8.49. The minimum absolute atomic E-state index is 0.0554. The molecule has 226 valence electrons. The molecule has 2 N–H and O–H groups in total. The van der Waals surface area contributed by atoms with E-state index in [2.05, 4.69) is 15.8 Å². The number of non-ortho nitro benzene ring substituents is 1. The van der Waals surface area contributed by atoms with Crippen molar-refractivity contribution < 1.29 is 27.7 Å². The zero-order valence-electron chi connectivity index (χ0n) is 23.6. The number of ether oxygens (including phenoxy) is 1. The van der Waals surface area contributed by atoms with Crippen LogP contribution < -0.4 is 19.8 Å². The van der Waals surface area contributed by atoms with E-state index in [9.17, 15) is 28.1 Å². The Bertz CT molecular complexity index is 1720. The average Bonchev–Trinajstić information content (AvgIpc) is 3.04. The molecule has 2 amide bonds. The smallest absolute Gasteiger partial charge is 0.269 e. The number of hydrogen-bond donors (Lipinski definition) is 2. The largest absolute Gasteiger partial charge is 0.484 e. The summed E-state index contributed by atoms with van der Waals surface area (Å²) in [4.78, 5) is 35.4. The van der Waals surface area contributed by atoms with Crippen LogP contribution in [0.4, 0.5) is 11.4 Å². The van der Waals surface area contributed by atoms with Gasteiger partial charge in [-0.05, 0) is 66.6 Å². The number of sulfonamides is 1. The number of nitrogens with one attached hydrogen (secondary N) is 2. The number of carbonyl (C=O) groups is 2. The molecule has 0 saturated heterocycles. The molecule has 13 heteroatoms. The zero-order valence-corrected chi connectivity index (χ0v) is 24.4. The number of nitrogens with zero attached hydrogens (tertiary/aromatic N) is 3. The number of anilines is 1. The van der Waals surface area contributed by atoms with Crippen LogP contribution in [0.1, 0.15) is 24.1 Å². The van der Waals surface area contributed by atoms with Crippen molar-refractivity contribution in [1.29, 1.82) is 0 Å². The van der Waals surface area contributed by atoms with Crippen LogP contribution in [0.5, 0.6) is 5.75 Å². The molecule has 4 rings (SSSR count). The van der Waals surface area contributed by atoms with Crippen molar-refractivity contribution in [3.63, 3.8) is 0 Å². The van der Waals surface area contributed by atoms with Crippen LogP contribution in [0, 0.1) is 10.1 Å². The second-order valence-corrected chi connectivity index (χ2v) is 11.3. The molecule has 12 nitrogen and oxygen atoms in total. The third-order valence-electron chi connectivity index (χ3n) is 6.30. The minimum atomic E-state index is -4.19. The van der Waals surface area contributed by atoms with Gasteiger partial charge in [0.15, 0.2) is 6.61 Å². The van der Waals surface area contributed by atoms with E-state index in [1.165, 1.54) is 30.5 Å². The highest BCUT2D eigenvalue weighted by molar-refractivity contribution is 7.92. The van der Waals surface area contributed by atoms with Crippen molar-refractivity contribution in [3.05, 3.63) is 130 Å². The van der Waals surface area contributed by atoms with Gasteiger partial charge in [-0.2, -0.15) is 5.10 Å². The molecule has 44 heavy (non-hydrogen) atoms. The van der Waals surface area contributed by atoms with Crippen LogP contribution in [0.3, 0.4) is 0 Å². The molecule has 0 radical (unpaired) electrons. The second kappa shape index (κ2) is 14.6. The summed E-state index contributed by atoms with van der Waals surface area (Å²) >= 11 is 0. The first-order valence-electron chi connectivity index (χ1n) is 13.3. The fourth-order valence-electron chi connectivity index (χ4n) is 4.03. The lowest BCUT2D eigenvalue weighted by atomic mass is 10.1. The topological polar surface area (TPSA) is 160 Å². The van der Waals surface area contributed by atoms with Crippen LogP contribution in [-0.2, 0) is 19.6 Å². The van der Waals surface area contributed by atoms with Crippen molar-refractivity contribution in [1.82, 2.24) is 10.7 Å². The molecule has 0 aliphatic carbocycles. The Morgan fingerprint density at radius 3 is 2.14 bits per heavy atom. The Morgan fingerprint density at radius 1 is 0.909 bits per heavy atom. The molecule has 4 aromatic carbocycles. The number of hydrogen-bond acceptors (Lipinski definition) is 8. The number of nitro benzene ring substituents is 1. The Labute approximate surface area is 254 Å². The summed E-state index contributed by atoms with van der Waals surface area (Å²) in [6, 6.07) is 28.3. The third-order valence-corrected chi connectivity index (χ3v) is 8.08. The molecule has 1 atom stereocenters. The van der Waals surface area contributed by atoms with Gasteiger partial charge < -0.3 is 10.1 Å². The van der Waals surface area contributed by atoms with Gasteiger partial charge in [-0.1, -0.05) is 48.5 Å². The standard InChI is InChI=1S/C31H29N5O7S/c1-23(25-8-4-2-5-9-25)33-31(38)22-43-28-18-12-24(13-19-28)20-32-34-30(37)21-35(26-14-16-27(17-15-26)36(39)40)44(41,42)29-10-6-3-7-11-29/h2-20,23H,21-22H2,1H3,(H,33,38)(H,34,37)/b32-20-/t23-/m0/s1.